The molecule has 1 saturated carbocycles. The average molecular weight is 531 g/mol. The molecule has 4 rings (SSSR count). The number of guanidine groups is 1. The minimum atomic E-state index is 0. The van der Waals surface area contributed by atoms with E-state index >= 15 is 0 Å². The maximum atomic E-state index is 6.01. The monoisotopic (exact) mass is 531 g/mol. The third kappa shape index (κ3) is 7.27. The van der Waals surface area contributed by atoms with E-state index in [0.717, 1.165) is 36.3 Å². The van der Waals surface area contributed by atoms with Crippen molar-refractivity contribution in [2.24, 2.45) is 10.9 Å². The molecule has 0 spiro atoms. The normalized spacial score (nSPS) is 13.4. The van der Waals surface area contributed by atoms with Crippen LogP contribution < -0.4 is 15.4 Å². The maximum absolute atomic E-state index is 6.01. The highest BCUT2D eigenvalue weighted by molar-refractivity contribution is 14.0. The molecule has 0 amide bonds. The first-order chi connectivity index (χ1) is 14.8. The molecule has 1 aromatic heterocycles. The summed E-state index contributed by atoms with van der Waals surface area (Å²) in [7, 11) is 1.79. The Kier molecular flexibility index (Phi) is 8.75. The Morgan fingerprint density at radius 3 is 2.65 bits per heavy atom. The van der Waals surface area contributed by atoms with Crippen LogP contribution in [0.5, 0.6) is 5.75 Å². The maximum Gasteiger partial charge on any atom is 0.191 e. The van der Waals surface area contributed by atoms with E-state index in [1.54, 1.807) is 13.2 Å². The third-order valence-corrected chi connectivity index (χ3v) is 5.17. The molecule has 1 fully saturated rings. The van der Waals surface area contributed by atoms with Crippen LogP contribution in [0.1, 0.15) is 29.5 Å². The van der Waals surface area contributed by atoms with Crippen LogP contribution in [0.3, 0.4) is 0 Å². The van der Waals surface area contributed by atoms with Crippen molar-refractivity contribution < 1.29 is 4.74 Å². The van der Waals surface area contributed by atoms with Crippen LogP contribution in [0.2, 0.25) is 0 Å². The number of ether oxygens (including phenoxy) is 1. The number of hydrogen-bond donors (Lipinski definition) is 2. The lowest BCUT2D eigenvalue weighted by Crippen LogP contribution is -2.36. The summed E-state index contributed by atoms with van der Waals surface area (Å²) in [6, 6.07) is 18.7. The first kappa shape index (κ1) is 23.1. The van der Waals surface area contributed by atoms with Gasteiger partial charge in [0.25, 0.3) is 0 Å². The second kappa shape index (κ2) is 11.7. The fourth-order valence-electron chi connectivity index (χ4n) is 3.29. The molecule has 0 unspecified atom stereocenters. The van der Waals surface area contributed by atoms with E-state index in [4.69, 9.17) is 4.74 Å². The van der Waals surface area contributed by atoms with Gasteiger partial charge in [-0.1, -0.05) is 42.5 Å². The summed E-state index contributed by atoms with van der Waals surface area (Å²) in [5.41, 5.74) is 3.57. The van der Waals surface area contributed by atoms with E-state index in [2.05, 4.69) is 51.1 Å². The summed E-state index contributed by atoms with van der Waals surface area (Å²) in [6.45, 7) is 2.95. The van der Waals surface area contributed by atoms with Crippen LogP contribution >= 0.6 is 24.0 Å². The van der Waals surface area contributed by atoms with Crippen molar-refractivity contribution in [2.45, 2.75) is 32.5 Å². The van der Waals surface area contributed by atoms with Crippen molar-refractivity contribution in [3.05, 3.63) is 83.7 Å². The molecule has 0 saturated heterocycles. The van der Waals surface area contributed by atoms with Crippen molar-refractivity contribution in [1.29, 1.82) is 0 Å². The van der Waals surface area contributed by atoms with Crippen molar-refractivity contribution in [1.82, 2.24) is 20.4 Å². The Bertz CT molecular complexity index is 970. The van der Waals surface area contributed by atoms with Crippen molar-refractivity contribution in [3.8, 4) is 5.75 Å². The second-order valence-electron chi connectivity index (χ2n) is 7.67. The second-order valence-corrected chi connectivity index (χ2v) is 7.67. The van der Waals surface area contributed by atoms with Gasteiger partial charge in [0.05, 0.1) is 13.2 Å². The minimum Gasteiger partial charge on any atom is -0.493 e. The molecular weight excluding hydrogens is 501 g/mol. The quantitative estimate of drug-likeness (QED) is 0.247. The van der Waals surface area contributed by atoms with Gasteiger partial charge in [-0.15, -0.1) is 24.0 Å². The molecule has 6 nitrogen and oxygen atoms in total. The molecule has 1 heterocycles. The standard InChI is InChI=1S/C24H29N5O.HI/c1-25-24(27-16-22-8-2-3-9-23(22)30-18-19-10-11-19)26-15-20-6-4-7-21(14-20)17-29-13-5-12-28-29;/h2-9,12-14,19H,10-11,15-18H2,1H3,(H2,25,26,27);1H. The number of nitrogens with one attached hydrogen (secondary N) is 2. The van der Waals surface area contributed by atoms with Gasteiger partial charge >= 0.3 is 0 Å². The molecule has 1 aliphatic rings. The lowest BCUT2D eigenvalue weighted by molar-refractivity contribution is 0.296. The summed E-state index contributed by atoms with van der Waals surface area (Å²) < 4.78 is 7.93. The third-order valence-electron chi connectivity index (χ3n) is 5.17. The first-order valence-electron chi connectivity index (χ1n) is 10.5. The van der Waals surface area contributed by atoms with Crippen molar-refractivity contribution >= 4 is 29.9 Å². The number of aliphatic imine (C=N–C) groups is 1. The van der Waals surface area contributed by atoms with Gasteiger partial charge in [0.15, 0.2) is 5.96 Å². The van der Waals surface area contributed by atoms with Gasteiger partial charge in [-0.25, -0.2) is 0 Å². The van der Waals surface area contributed by atoms with Crippen LogP contribution in [0.25, 0.3) is 0 Å². The molecule has 2 N–H and O–H groups in total. The van der Waals surface area contributed by atoms with E-state index < -0.39 is 0 Å². The van der Waals surface area contributed by atoms with Crippen LogP contribution in [0.15, 0.2) is 72.0 Å². The molecule has 0 bridgehead atoms. The molecule has 31 heavy (non-hydrogen) atoms. The summed E-state index contributed by atoms with van der Waals surface area (Å²) in [5.74, 6) is 2.47. The number of halogens is 1. The topological polar surface area (TPSA) is 63.5 Å². The van der Waals surface area contributed by atoms with Crippen LogP contribution in [0.4, 0.5) is 0 Å². The van der Waals surface area contributed by atoms with Crippen LogP contribution in [-0.4, -0.2) is 29.4 Å². The van der Waals surface area contributed by atoms with E-state index in [9.17, 15) is 0 Å². The van der Waals surface area contributed by atoms with Gasteiger partial charge in [0.2, 0.25) is 0 Å². The van der Waals surface area contributed by atoms with Crippen LogP contribution in [-0.2, 0) is 19.6 Å². The lowest BCUT2D eigenvalue weighted by Gasteiger charge is -2.15. The summed E-state index contributed by atoms with van der Waals surface area (Å²) in [6.07, 6.45) is 6.36. The summed E-state index contributed by atoms with van der Waals surface area (Å²) in [5, 5.41) is 11.1. The van der Waals surface area contributed by atoms with Gasteiger partial charge in [-0.05, 0) is 42.0 Å². The van der Waals surface area contributed by atoms with Gasteiger partial charge in [0, 0.05) is 38.1 Å². The highest BCUT2D eigenvalue weighted by Crippen LogP contribution is 2.30. The number of rotatable bonds is 9. The van der Waals surface area contributed by atoms with Crippen molar-refractivity contribution in [3.63, 3.8) is 0 Å². The molecule has 0 atom stereocenters. The summed E-state index contributed by atoms with van der Waals surface area (Å²) in [4.78, 5) is 4.35. The van der Waals surface area contributed by atoms with E-state index in [0.29, 0.717) is 13.1 Å². The van der Waals surface area contributed by atoms with E-state index in [1.807, 2.05) is 35.1 Å². The average Bonchev–Trinajstić information content (AvgIpc) is 3.47. The molecule has 2 aromatic carbocycles. The van der Waals surface area contributed by atoms with Crippen LogP contribution in [0, 0.1) is 5.92 Å². The Labute approximate surface area is 201 Å². The zero-order chi connectivity index (χ0) is 20.6. The Balaban J connectivity index is 0.00000272. The van der Waals surface area contributed by atoms with Gasteiger partial charge in [-0.2, -0.15) is 5.10 Å². The molecule has 0 radical (unpaired) electrons. The number of nitrogens with zero attached hydrogens (tertiary/aromatic N) is 3. The van der Waals surface area contributed by atoms with Crippen molar-refractivity contribution in [2.75, 3.05) is 13.7 Å². The fraction of sp³-hybridized carbons (Fsp3) is 0.333. The van der Waals surface area contributed by atoms with Gasteiger partial charge in [0.1, 0.15) is 5.75 Å². The highest BCUT2D eigenvalue weighted by Gasteiger charge is 2.22. The minimum absolute atomic E-state index is 0. The Morgan fingerprint density at radius 1 is 1.06 bits per heavy atom. The van der Waals surface area contributed by atoms with Gasteiger partial charge in [-0.3, -0.25) is 9.67 Å². The van der Waals surface area contributed by atoms with E-state index in [1.165, 1.54) is 24.0 Å². The number of para-hydroxylation sites is 1. The van der Waals surface area contributed by atoms with Gasteiger partial charge < -0.3 is 15.4 Å². The summed E-state index contributed by atoms with van der Waals surface area (Å²) >= 11 is 0. The molecule has 3 aromatic rings. The van der Waals surface area contributed by atoms with E-state index in [-0.39, 0.29) is 24.0 Å². The lowest BCUT2D eigenvalue weighted by atomic mass is 10.1. The molecule has 164 valence electrons. The Morgan fingerprint density at radius 2 is 1.87 bits per heavy atom. The number of hydrogen-bond acceptors (Lipinski definition) is 3. The molecule has 7 heteroatoms. The SMILES string of the molecule is CN=C(NCc1cccc(Cn2cccn2)c1)NCc1ccccc1OCC1CC1.I. The highest BCUT2D eigenvalue weighted by atomic mass is 127. The molecule has 0 aliphatic heterocycles. The number of benzene rings is 2. The zero-order valence-corrected chi connectivity index (χ0v) is 20.2. The zero-order valence-electron chi connectivity index (χ0n) is 17.8. The molecular formula is C24H30IN5O. The first-order valence-corrected chi connectivity index (χ1v) is 10.5. The fourth-order valence-corrected chi connectivity index (χ4v) is 3.29. The number of aromatic nitrogens is 2. The predicted octanol–water partition coefficient (Wildman–Crippen LogP) is 4.20. The largest absolute Gasteiger partial charge is 0.493 e. The smallest absolute Gasteiger partial charge is 0.191 e. The Hall–Kier alpha value is -2.55. The molecule has 1 aliphatic carbocycles. The predicted molar refractivity (Wildman–Crippen MR) is 135 cm³/mol.